The molecule has 1 unspecified atom stereocenters. The Balaban J connectivity index is 1.60. The third kappa shape index (κ3) is 8.74. The van der Waals surface area contributed by atoms with Gasteiger partial charge in [0.05, 0.1) is 18.9 Å². The molecule has 4 atom stereocenters. The van der Waals surface area contributed by atoms with Crippen molar-refractivity contribution in [2.24, 2.45) is 0 Å². The number of ketones is 1. The highest BCUT2D eigenvalue weighted by molar-refractivity contribution is 5.95. The van der Waals surface area contributed by atoms with E-state index in [-0.39, 0.29) is 19.2 Å². The molecule has 0 spiro atoms. The third-order valence-electron chi connectivity index (χ3n) is 6.04. The predicted octanol–water partition coefficient (Wildman–Crippen LogP) is 2.44. The monoisotopic (exact) mass is 441 g/mol. The number of nitrogens with one attached hydrogen (secondary N) is 2. The molecule has 2 saturated heterocycles. The molecule has 9 heteroatoms. The molecule has 0 bridgehead atoms. The molecule has 9 nitrogen and oxygen atoms in total. The van der Waals surface area contributed by atoms with E-state index in [1.165, 1.54) is 43.4 Å². The van der Waals surface area contributed by atoms with Crippen molar-refractivity contribution in [2.45, 2.75) is 108 Å². The number of hydrogen-bond donors (Lipinski definition) is 4. The van der Waals surface area contributed by atoms with Crippen molar-refractivity contribution in [3.63, 3.8) is 0 Å². The molecule has 4 N–H and O–H groups in total. The van der Waals surface area contributed by atoms with E-state index in [9.17, 15) is 24.6 Å². The minimum absolute atomic E-state index is 0.111. The molecule has 31 heavy (non-hydrogen) atoms. The fraction of sp³-hybridized carbons (Fsp3) is 0.864. The number of carbonyl (C=O) groups is 3. The van der Waals surface area contributed by atoms with Gasteiger partial charge in [-0.05, 0) is 12.8 Å². The summed E-state index contributed by atoms with van der Waals surface area (Å²) in [7, 11) is 0. The number of ether oxygens (including phenoxy) is 1. The van der Waals surface area contributed by atoms with E-state index >= 15 is 0 Å². The van der Waals surface area contributed by atoms with Gasteiger partial charge in [0.25, 0.3) is 0 Å². The minimum Gasteiger partial charge on any atom is -0.390 e. The maximum atomic E-state index is 12.5. The van der Waals surface area contributed by atoms with Gasteiger partial charge in [0.1, 0.15) is 12.2 Å². The molecule has 0 saturated carbocycles. The quantitative estimate of drug-likeness (QED) is 0.289. The Bertz CT molecular complexity index is 588. The van der Waals surface area contributed by atoms with E-state index in [1.54, 1.807) is 0 Å². The number of Topliss-reactive ketones (excluding diaryl/α,β-unsaturated/α-hetero) is 1. The molecular formula is C22H39N3O6. The van der Waals surface area contributed by atoms with Gasteiger partial charge in [0.15, 0.2) is 5.78 Å². The summed E-state index contributed by atoms with van der Waals surface area (Å²) in [5.74, 6) is -0.461. The summed E-state index contributed by atoms with van der Waals surface area (Å²) >= 11 is 0. The molecule has 2 aliphatic rings. The van der Waals surface area contributed by atoms with Gasteiger partial charge in [-0.15, -0.1) is 0 Å². The standard InChI is InChI=1S/C22H39N3O6/c1-2-3-4-5-6-7-8-9-10-11-17(26)19(28)20-18(27)14-16(31-20)12-13-25-15-23-21(29)24-22(25)30/h16-18,20,26-27H,2-15H2,1H3,(H2,23,24,29,30)/t16-,17?,18-,20-/m0/s1. The van der Waals surface area contributed by atoms with E-state index in [4.69, 9.17) is 4.74 Å². The molecule has 4 amide bonds. The highest BCUT2D eigenvalue weighted by Gasteiger charge is 2.41. The molecule has 0 aromatic rings. The molecule has 2 rings (SSSR count). The largest absolute Gasteiger partial charge is 0.390 e. The number of imide groups is 1. The first-order valence-corrected chi connectivity index (χ1v) is 11.8. The Labute approximate surface area is 184 Å². The van der Waals surface area contributed by atoms with Gasteiger partial charge < -0.3 is 25.2 Å². The van der Waals surface area contributed by atoms with E-state index in [0.717, 1.165) is 19.3 Å². The average molecular weight is 442 g/mol. The fourth-order valence-electron chi connectivity index (χ4n) is 4.11. The Hall–Kier alpha value is -1.71. The summed E-state index contributed by atoms with van der Waals surface area (Å²) in [6.45, 7) is 2.64. The van der Waals surface area contributed by atoms with Gasteiger partial charge in [-0.2, -0.15) is 0 Å². The van der Waals surface area contributed by atoms with Crippen LogP contribution in [0.5, 0.6) is 0 Å². The first-order chi connectivity index (χ1) is 14.9. The van der Waals surface area contributed by atoms with Crippen LogP contribution in [-0.4, -0.2) is 70.6 Å². The second-order valence-corrected chi connectivity index (χ2v) is 8.66. The van der Waals surface area contributed by atoms with Crippen LogP contribution < -0.4 is 10.6 Å². The number of unbranched alkanes of at least 4 members (excludes halogenated alkanes) is 8. The van der Waals surface area contributed by atoms with Crippen molar-refractivity contribution in [1.82, 2.24) is 15.5 Å². The normalized spacial score (nSPS) is 24.7. The number of aliphatic hydroxyl groups is 2. The smallest absolute Gasteiger partial charge is 0.326 e. The Morgan fingerprint density at radius 1 is 1.13 bits per heavy atom. The van der Waals surface area contributed by atoms with Crippen molar-refractivity contribution in [2.75, 3.05) is 13.2 Å². The van der Waals surface area contributed by atoms with E-state index in [1.807, 2.05) is 0 Å². The number of aliphatic hydroxyl groups excluding tert-OH is 2. The third-order valence-corrected chi connectivity index (χ3v) is 6.04. The molecule has 0 aromatic heterocycles. The molecule has 0 aromatic carbocycles. The second-order valence-electron chi connectivity index (χ2n) is 8.66. The van der Waals surface area contributed by atoms with Gasteiger partial charge in [-0.1, -0.05) is 64.7 Å². The lowest BCUT2D eigenvalue weighted by molar-refractivity contribution is -0.142. The van der Waals surface area contributed by atoms with Crippen LogP contribution in [-0.2, 0) is 9.53 Å². The Kier molecular flexibility index (Phi) is 11.2. The second kappa shape index (κ2) is 13.6. The van der Waals surface area contributed by atoms with Crippen molar-refractivity contribution in [3.05, 3.63) is 0 Å². The van der Waals surface area contributed by atoms with E-state index < -0.39 is 36.2 Å². The van der Waals surface area contributed by atoms with Gasteiger partial charge in [-0.25, -0.2) is 9.59 Å². The minimum atomic E-state index is -1.12. The maximum absolute atomic E-state index is 12.5. The van der Waals surface area contributed by atoms with Crippen molar-refractivity contribution >= 4 is 17.8 Å². The molecular weight excluding hydrogens is 402 g/mol. The van der Waals surface area contributed by atoms with Crippen LogP contribution in [0.4, 0.5) is 9.59 Å². The zero-order valence-corrected chi connectivity index (χ0v) is 18.7. The lowest BCUT2D eigenvalue weighted by Crippen LogP contribution is -2.57. The number of carbonyl (C=O) groups excluding carboxylic acids is 3. The van der Waals surface area contributed by atoms with Crippen LogP contribution in [0.2, 0.25) is 0 Å². The molecule has 0 aliphatic carbocycles. The van der Waals surface area contributed by atoms with Gasteiger partial charge >= 0.3 is 12.1 Å². The Morgan fingerprint density at radius 3 is 2.42 bits per heavy atom. The maximum Gasteiger partial charge on any atom is 0.326 e. The number of hydrogen-bond acceptors (Lipinski definition) is 6. The van der Waals surface area contributed by atoms with Crippen LogP contribution >= 0.6 is 0 Å². The summed E-state index contributed by atoms with van der Waals surface area (Å²) in [5, 5.41) is 25.1. The number of nitrogens with zero attached hydrogens (tertiary/aromatic N) is 1. The number of amides is 4. The lowest BCUT2D eigenvalue weighted by Gasteiger charge is -2.28. The summed E-state index contributed by atoms with van der Waals surface area (Å²) < 4.78 is 5.69. The van der Waals surface area contributed by atoms with Gasteiger partial charge in [0, 0.05) is 13.0 Å². The first kappa shape index (κ1) is 25.5. The zero-order chi connectivity index (χ0) is 22.6. The SMILES string of the molecule is CCCCCCCCCCCC(O)C(=O)[C@H]1O[C@@H](CCN2CNC(=O)NC2=O)C[C@@H]1O. The van der Waals surface area contributed by atoms with Crippen LogP contribution in [0, 0.1) is 0 Å². The van der Waals surface area contributed by atoms with Crippen molar-refractivity contribution < 1.29 is 29.3 Å². The van der Waals surface area contributed by atoms with Crippen LogP contribution in [0.15, 0.2) is 0 Å². The van der Waals surface area contributed by atoms with Gasteiger partial charge in [0.2, 0.25) is 0 Å². The molecule has 2 aliphatic heterocycles. The summed E-state index contributed by atoms with van der Waals surface area (Å²) in [4.78, 5) is 36.8. The molecule has 0 radical (unpaired) electrons. The molecule has 2 fully saturated rings. The van der Waals surface area contributed by atoms with E-state index in [0.29, 0.717) is 19.4 Å². The highest BCUT2D eigenvalue weighted by atomic mass is 16.5. The lowest BCUT2D eigenvalue weighted by atomic mass is 9.99. The predicted molar refractivity (Wildman–Crippen MR) is 115 cm³/mol. The molecule has 178 valence electrons. The highest BCUT2D eigenvalue weighted by Crippen LogP contribution is 2.25. The van der Waals surface area contributed by atoms with Crippen molar-refractivity contribution in [3.8, 4) is 0 Å². The average Bonchev–Trinajstić information content (AvgIpc) is 3.11. The Morgan fingerprint density at radius 2 is 1.77 bits per heavy atom. The zero-order valence-electron chi connectivity index (χ0n) is 18.7. The van der Waals surface area contributed by atoms with Crippen LogP contribution in [0.1, 0.15) is 84.0 Å². The van der Waals surface area contributed by atoms with Crippen LogP contribution in [0.25, 0.3) is 0 Å². The first-order valence-electron chi connectivity index (χ1n) is 11.8. The van der Waals surface area contributed by atoms with Gasteiger partial charge in [-0.3, -0.25) is 10.1 Å². The fourth-order valence-corrected chi connectivity index (χ4v) is 4.11. The summed E-state index contributed by atoms with van der Waals surface area (Å²) in [6.07, 6.45) is 8.09. The number of rotatable bonds is 15. The topological polar surface area (TPSA) is 128 Å². The number of urea groups is 2. The summed E-state index contributed by atoms with van der Waals surface area (Å²) in [6, 6.07) is -1.01. The van der Waals surface area contributed by atoms with E-state index in [2.05, 4.69) is 17.6 Å². The van der Waals surface area contributed by atoms with Crippen molar-refractivity contribution in [1.29, 1.82) is 0 Å². The summed E-state index contributed by atoms with van der Waals surface area (Å²) in [5.41, 5.74) is 0. The molecule has 2 heterocycles. The van der Waals surface area contributed by atoms with Crippen LogP contribution in [0.3, 0.4) is 0 Å².